The number of aromatic nitrogens is 4. The van der Waals surface area contributed by atoms with Crippen LogP contribution in [0.3, 0.4) is 0 Å². The third-order valence-electron chi connectivity index (χ3n) is 3.22. The van der Waals surface area contributed by atoms with Crippen molar-refractivity contribution in [3.63, 3.8) is 0 Å². The first-order valence-corrected chi connectivity index (χ1v) is 7.32. The molecule has 2 aromatic rings. The van der Waals surface area contributed by atoms with Gasteiger partial charge in [0.05, 0.1) is 12.6 Å². The standard InChI is InChI=1S/C15H23N5O/c1-5-21-14-8-12(7-13(16)9-14)15-17-18-19-20(15)11(4)6-10(2)3/h7-11H,5-6,16H2,1-4H3. The number of ether oxygens (including phenoxy) is 1. The van der Waals surface area contributed by atoms with Crippen LogP contribution >= 0.6 is 0 Å². The number of hydrogen-bond acceptors (Lipinski definition) is 5. The van der Waals surface area contributed by atoms with Gasteiger partial charge in [-0.1, -0.05) is 13.8 Å². The van der Waals surface area contributed by atoms with E-state index in [1.54, 1.807) is 6.07 Å². The van der Waals surface area contributed by atoms with Gasteiger partial charge >= 0.3 is 0 Å². The summed E-state index contributed by atoms with van der Waals surface area (Å²) in [4.78, 5) is 0. The summed E-state index contributed by atoms with van der Waals surface area (Å²) in [6.45, 7) is 9.04. The fourth-order valence-corrected chi connectivity index (χ4v) is 2.46. The van der Waals surface area contributed by atoms with Crippen LogP contribution in [0.25, 0.3) is 11.4 Å². The number of tetrazole rings is 1. The van der Waals surface area contributed by atoms with E-state index in [-0.39, 0.29) is 6.04 Å². The quantitative estimate of drug-likeness (QED) is 0.827. The second kappa shape index (κ2) is 6.56. The minimum Gasteiger partial charge on any atom is -0.494 e. The molecule has 6 heteroatoms. The summed E-state index contributed by atoms with van der Waals surface area (Å²) in [6.07, 6.45) is 1.01. The maximum Gasteiger partial charge on any atom is 0.182 e. The van der Waals surface area contributed by atoms with E-state index in [0.29, 0.717) is 18.2 Å². The van der Waals surface area contributed by atoms with Gasteiger partial charge in [0.15, 0.2) is 5.82 Å². The third-order valence-corrected chi connectivity index (χ3v) is 3.22. The van der Waals surface area contributed by atoms with Crippen LogP contribution in [0.4, 0.5) is 5.69 Å². The molecule has 0 radical (unpaired) electrons. The van der Waals surface area contributed by atoms with Crippen LogP contribution in [0.15, 0.2) is 18.2 Å². The van der Waals surface area contributed by atoms with Crippen LogP contribution in [-0.2, 0) is 0 Å². The number of nitrogens with two attached hydrogens (primary N) is 1. The third kappa shape index (κ3) is 3.71. The lowest BCUT2D eigenvalue weighted by Gasteiger charge is -2.16. The maximum absolute atomic E-state index is 5.94. The van der Waals surface area contributed by atoms with Crippen molar-refractivity contribution >= 4 is 5.69 Å². The van der Waals surface area contributed by atoms with E-state index in [1.165, 1.54) is 0 Å². The Bertz CT molecular complexity index is 593. The Morgan fingerprint density at radius 2 is 2.00 bits per heavy atom. The van der Waals surface area contributed by atoms with Crippen LogP contribution in [0.1, 0.15) is 40.2 Å². The Morgan fingerprint density at radius 3 is 2.67 bits per heavy atom. The summed E-state index contributed by atoms with van der Waals surface area (Å²) in [7, 11) is 0. The minimum atomic E-state index is 0.229. The van der Waals surface area contributed by atoms with Gasteiger partial charge in [0, 0.05) is 17.3 Å². The van der Waals surface area contributed by atoms with Gasteiger partial charge in [-0.2, -0.15) is 0 Å². The van der Waals surface area contributed by atoms with E-state index < -0.39 is 0 Å². The van der Waals surface area contributed by atoms with E-state index in [1.807, 2.05) is 23.7 Å². The highest BCUT2D eigenvalue weighted by Crippen LogP contribution is 2.28. The Labute approximate surface area is 125 Å². The van der Waals surface area contributed by atoms with E-state index in [4.69, 9.17) is 10.5 Å². The Balaban J connectivity index is 2.36. The summed E-state index contributed by atoms with van der Waals surface area (Å²) < 4.78 is 7.38. The first-order chi connectivity index (χ1) is 10.0. The van der Waals surface area contributed by atoms with Crippen molar-refractivity contribution in [2.45, 2.75) is 40.2 Å². The van der Waals surface area contributed by atoms with Crippen LogP contribution in [0.2, 0.25) is 0 Å². The molecule has 0 saturated carbocycles. The highest BCUT2D eigenvalue weighted by atomic mass is 16.5. The van der Waals surface area contributed by atoms with Gasteiger partial charge < -0.3 is 10.5 Å². The van der Waals surface area contributed by atoms with Crippen LogP contribution < -0.4 is 10.5 Å². The first-order valence-electron chi connectivity index (χ1n) is 7.32. The molecule has 1 aromatic carbocycles. The predicted octanol–water partition coefficient (Wildman–Crippen LogP) is 2.93. The number of nitrogen functional groups attached to an aromatic ring is 1. The molecule has 1 heterocycles. The normalized spacial score (nSPS) is 12.6. The van der Waals surface area contributed by atoms with E-state index in [9.17, 15) is 0 Å². The summed E-state index contributed by atoms with van der Waals surface area (Å²) in [5.41, 5.74) is 7.46. The van der Waals surface area contributed by atoms with Crippen molar-refractivity contribution in [1.29, 1.82) is 0 Å². The topological polar surface area (TPSA) is 78.8 Å². The molecule has 0 aliphatic heterocycles. The lowest BCUT2D eigenvalue weighted by atomic mass is 10.0. The molecule has 1 unspecified atom stereocenters. The van der Waals surface area contributed by atoms with Crippen molar-refractivity contribution in [2.24, 2.45) is 5.92 Å². The second-order valence-electron chi connectivity index (χ2n) is 5.65. The van der Waals surface area contributed by atoms with Gasteiger partial charge in [-0.25, -0.2) is 4.68 Å². The Kier molecular flexibility index (Phi) is 4.77. The van der Waals surface area contributed by atoms with E-state index >= 15 is 0 Å². The second-order valence-corrected chi connectivity index (χ2v) is 5.65. The van der Waals surface area contributed by atoms with Crippen LogP contribution in [-0.4, -0.2) is 26.8 Å². The van der Waals surface area contributed by atoms with E-state index in [2.05, 4.69) is 36.3 Å². The fourth-order valence-electron chi connectivity index (χ4n) is 2.46. The van der Waals surface area contributed by atoms with Crippen molar-refractivity contribution in [1.82, 2.24) is 20.2 Å². The monoisotopic (exact) mass is 289 g/mol. The number of anilines is 1. The average molecular weight is 289 g/mol. The zero-order valence-electron chi connectivity index (χ0n) is 13.1. The van der Waals surface area contributed by atoms with E-state index in [0.717, 1.165) is 23.6 Å². The summed E-state index contributed by atoms with van der Waals surface area (Å²) in [6, 6.07) is 5.82. The van der Waals surface area contributed by atoms with Crippen molar-refractivity contribution in [3.05, 3.63) is 18.2 Å². The van der Waals surface area contributed by atoms with Gasteiger partial charge in [0.1, 0.15) is 5.75 Å². The molecule has 1 atom stereocenters. The summed E-state index contributed by atoms with van der Waals surface area (Å²) in [5, 5.41) is 12.1. The molecule has 0 bridgehead atoms. The molecule has 0 fully saturated rings. The molecule has 21 heavy (non-hydrogen) atoms. The van der Waals surface area contributed by atoms with Crippen molar-refractivity contribution in [3.8, 4) is 17.1 Å². The Hall–Kier alpha value is -2.11. The molecule has 2 rings (SSSR count). The molecular formula is C15H23N5O. The lowest BCUT2D eigenvalue weighted by molar-refractivity contribution is 0.340. The van der Waals surface area contributed by atoms with Crippen LogP contribution in [0, 0.1) is 5.92 Å². The van der Waals surface area contributed by atoms with Gasteiger partial charge in [-0.3, -0.25) is 0 Å². The zero-order valence-corrected chi connectivity index (χ0v) is 13.1. The molecule has 0 aliphatic rings. The van der Waals surface area contributed by atoms with Gasteiger partial charge in [-0.05, 0) is 48.7 Å². The minimum absolute atomic E-state index is 0.229. The number of nitrogens with zero attached hydrogens (tertiary/aromatic N) is 4. The Morgan fingerprint density at radius 1 is 1.24 bits per heavy atom. The molecule has 0 amide bonds. The van der Waals surface area contributed by atoms with Gasteiger partial charge in [0.25, 0.3) is 0 Å². The number of benzene rings is 1. The lowest BCUT2D eigenvalue weighted by Crippen LogP contribution is -2.11. The predicted molar refractivity (Wildman–Crippen MR) is 83.0 cm³/mol. The highest BCUT2D eigenvalue weighted by molar-refractivity contribution is 5.64. The largest absolute Gasteiger partial charge is 0.494 e. The van der Waals surface area contributed by atoms with Crippen molar-refractivity contribution in [2.75, 3.05) is 12.3 Å². The summed E-state index contributed by atoms with van der Waals surface area (Å²) >= 11 is 0. The molecule has 0 saturated heterocycles. The number of rotatable bonds is 6. The number of hydrogen-bond donors (Lipinski definition) is 1. The summed E-state index contributed by atoms with van der Waals surface area (Å²) in [5.74, 6) is 2.03. The smallest absolute Gasteiger partial charge is 0.182 e. The molecule has 6 nitrogen and oxygen atoms in total. The molecule has 1 aromatic heterocycles. The molecule has 0 spiro atoms. The molecule has 0 aliphatic carbocycles. The molecular weight excluding hydrogens is 266 g/mol. The van der Waals surface area contributed by atoms with Crippen LogP contribution in [0.5, 0.6) is 5.75 Å². The highest BCUT2D eigenvalue weighted by Gasteiger charge is 2.16. The first kappa shape index (κ1) is 15.3. The maximum atomic E-state index is 5.94. The van der Waals surface area contributed by atoms with Crippen molar-refractivity contribution < 1.29 is 4.74 Å². The fraction of sp³-hybridized carbons (Fsp3) is 0.533. The average Bonchev–Trinajstić information content (AvgIpc) is 2.86. The van der Waals surface area contributed by atoms with Gasteiger partial charge in [-0.15, -0.1) is 5.10 Å². The zero-order chi connectivity index (χ0) is 15.4. The molecule has 114 valence electrons. The SMILES string of the molecule is CCOc1cc(N)cc(-c2nnnn2C(C)CC(C)C)c1. The molecule has 2 N–H and O–H groups in total. The van der Waals surface area contributed by atoms with Gasteiger partial charge in [0.2, 0.25) is 0 Å².